The number of methoxy groups -OCH3 is 1. The Labute approximate surface area is 106 Å². The second kappa shape index (κ2) is 5.40. The molecule has 1 aromatic rings. The first kappa shape index (κ1) is 15.8. The van der Waals surface area contributed by atoms with Crippen LogP contribution in [0.5, 0.6) is 0 Å². The Morgan fingerprint density at radius 3 is 1.68 bits per heavy atom. The van der Waals surface area contributed by atoms with Gasteiger partial charge >= 0.3 is 12.4 Å². The average Bonchev–Trinajstić information content (AvgIpc) is 2.26. The van der Waals surface area contributed by atoms with Crippen molar-refractivity contribution in [1.82, 2.24) is 0 Å². The van der Waals surface area contributed by atoms with Crippen molar-refractivity contribution in [2.45, 2.75) is 31.8 Å². The molecule has 0 aliphatic carbocycles. The summed E-state index contributed by atoms with van der Waals surface area (Å²) in [5.41, 5.74) is -2.67. The van der Waals surface area contributed by atoms with E-state index in [0.717, 1.165) is 0 Å². The third-order valence-corrected chi connectivity index (χ3v) is 2.57. The molecule has 19 heavy (non-hydrogen) atoms. The van der Waals surface area contributed by atoms with Gasteiger partial charge in [0.15, 0.2) is 0 Å². The molecule has 108 valence electrons. The molecule has 1 rings (SSSR count). The number of benzene rings is 1. The molecule has 1 aromatic carbocycles. The molecule has 0 aliphatic heterocycles. The molecular weight excluding hydrogens is 274 g/mol. The van der Waals surface area contributed by atoms with E-state index in [-0.39, 0.29) is 18.1 Å². The van der Waals surface area contributed by atoms with E-state index in [0.29, 0.717) is 12.1 Å². The van der Waals surface area contributed by atoms with Crippen LogP contribution in [0.2, 0.25) is 0 Å². The van der Waals surface area contributed by atoms with E-state index < -0.39 is 29.6 Å². The Morgan fingerprint density at radius 1 is 0.947 bits per heavy atom. The lowest BCUT2D eigenvalue weighted by Gasteiger charge is -2.16. The molecule has 1 nitrogen and oxygen atoms in total. The number of alkyl halides is 6. The van der Waals surface area contributed by atoms with Crippen molar-refractivity contribution in [3.05, 3.63) is 34.9 Å². The Kier molecular flexibility index (Phi) is 4.50. The van der Waals surface area contributed by atoms with Gasteiger partial charge in [-0.25, -0.2) is 0 Å². The minimum absolute atomic E-state index is 0.0243. The summed E-state index contributed by atoms with van der Waals surface area (Å²) in [6.07, 6.45) is -10.1. The predicted molar refractivity (Wildman–Crippen MR) is 56.6 cm³/mol. The smallest absolute Gasteiger partial charge is 0.381 e. The SMILES string of the molecule is CO[C@H](C)Cc1cc(C(F)(F)F)cc(C(F)(F)F)c1. The van der Waals surface area contributed by atoms with Gasteiger partial charge in [-0.05, 0) is 37.1 Å². The molecule has 0 amide bonds. The van der Waals surface area contributed by atoms with Crippen LogP contribution < -0.4 is 0 Å². The van der Waals surface area contributed by atoms with Crippen LogP contribution >= 0.6 is 0 Å². The maximum Gasteiger partial charge on any atom is 0.416 e. The first-order chi connectivity index (χ1) is 8.54. The maximum atomic E-state index is 12.6. The minimum atomic E-state index is -4.81. The van der Waals surface area contributed by atoms with Gasteiger partial charge in [-0.1, -0.05) is 0 Å². The summed E-state index contributed by atoms with van der Waals surface area (Å²) < 4.78 is 80.2. The Morgan fingerprint density at radius 2 is 1.37 bits per heavy atom. The van der Waals surface area contributed by atoms with Crippen LogP contribution in [0.3, 0.4) is 0 Å². The molecule has 0 bridgehead atoms. The molecule has 7 heteroatoms. The minimum Gasteiger partial charge on any atom is -0.381 e. The number of hydrogen-bond acceptors (Lipinski definition) is 1. The zero-order chi connectivity index (χ0) is 14.8. The van der Waals surface area contributed by atoms with E-state index >= 15 is 0 Å². The molecule has 0 saturated heterocycles. The third kappa shape index (κ3) is 4.41. The van der Waals surface area contributed by atoms with Crippen molar-refractivity contribution in [3.63, 3.8) is 0 Å². The van der Waals surface area contributed by atoms with E-state index in [1.165, 1.54) is 7.11 Å². The van der Waals surface area contributed by atoms with Crippen molar-refractivity contribution >= 4 is 0 Å². The second-order valence-corrected chi connectivity index (χ2v) is 4.16. The lowest BCUT2D eigenvalue weighted by atomic mass is 10.0. The monoisotopic (exact) mass is 286 g/mol. The van der Waals surface area contributed by atoms with Crippen molar-refractivity contribution in [1.29, 1.82) is 0 Å². The van der Waals surface area contributed by atoms with Gasteiger partial charge in [-0.3, -0.25) is 0 Å². The highest BCUT2D eigenvalue weighted by Crippen LogP contribution is 2.36. The molecule has 0 aliphatic rings. The first-order valence-corrected chi connectivity index (χ1v) is 5.35. The van der Waals surface area contributed by atoms with Crippen LogP contribution in [0.15, 0.2) is 18.2 Å². The zero-order valence-corrected chi connectivity index (χ0v) is 10.2. The normalized spacial score (nSPS) is 14.5. The second-order valence-electron chi connectivity index (χ2n) is 4.16. The van der Waals surface area contributed by atoms with E-state index in [4.69, 9.17) is 4.74 Å². The van der Waals surface area contributed by atoms with Crippen LogP contribution in [0.1, 0.15) is 23.6 Å². The third-order valence-electron chi connectivity index (χ3n) is 2.57. The summed E-state index contributed by atoms with van der Waals surface area (Å²) in [6.45, 7) is 1.56. The Balaban J connectivity index is 3.25. The maximum absolute atomic E-state index is 12.6. The van der Waals surface area contributed by atoms with Crippen LogP contribution in [0, 0.1) is 0 Å². The van der Waals surface area contributed by atoms with Gasteiger partial charge in [0, 0.05) is 7.11 Å². The fourth-order valence-electron chi connectivity index (χ4n) is 1.55. The summed E-state index contributed by atoms with van der Waals surface area (Å²) in [5.74, 6) is 0. The highest BCUT2D eigenvalue weighted by Gasteiger charge is 2.36. The zero-order valence-electron chi connectivity index (χ0n) is 10.2. The summed E-state index contributed by atoms with van der Waals surface area (Å²) in [7, 11) is 1.34. The molecule has 0 aromatic heterocycles. The van der Waals surface area contributed by atoms with Crippen LogP contribution in [0.25, 0.3) is 0 Å². The van der Waals surface area contributed by atoms with Gasteiger partial charge in [0.05, 0.1) is 17.2 Å². The van der Waals surface area contributed by atoms with Gasteiger partial charge < -0.3 is 4.74 Å². The summed E-state index contributed by atoms with van der Waals surface area (Å²) in [5, 5.41) is 0. The summed E-state index contributed by atoms with van der Waals surface area (Å²) in [4.78, 5) is 0. The largest absolute Gasteiger partial charge is 0.416 e. The molecule has 0 saturated carbocycles. The predicted octanol–water partition coefficient (Wildman–Crippen LogP) is 4.30. The molecule has 0 N–H and O–H groups in total. The van der Waals surface area contributed by atoms with Crippen molar-refractivity contribution < 1.29 is 31.1 Å². The Bertz CT molecular complexity index is 403. The fourth-order valence-corrected chi connectivity index (χ4v) is 1.55. The highest BCUT2D eigenvalue weighted by molar-refractivity contribution is 5.34. The Hall–Kier alpha value is -1.24. The molecule has 1 atom stereocenters. The molecule has 0 radical (unpaired) electrons. The number of hydrogen-bond donors (Lipinski definition) is 0. The van der Waals surface area contributed by atoms with Gasteiger partial charge in [-0.15, -0.1) is 0 Å². The van der Waals surface area contributed by atoms with E-state index in [9.17, 15) is 26.3 Å². The molecular formula is C12H12F6O. The standard InChI is InChI=1S/C12H12F6O/c1-7(19-2)3-8-4-9(11(13,14)15)6-10(5-8)12(16,17)18/h4-7H,3H2,1-2H3/t7-/m1/s1. The van der Waals surface area contributed by atoms with E-state index in [1.807, 2.05) is 0 Å². The van der Waals surface area contributed by atoms with E-state index in [2.05, 4.69) is 0 Å². The van der Waals surface area contributed by atoms with Crippen LogP contribution in [-0.4, -0.2) is 13.2 Å². The number of ether oxygens (including phenoxy) is 1. The van der Waals surface area contributed by atoms with Gasteiger partial charge in [0.25, 0.3) is 0 Å². The average molecular weight is 286 g/mol. The van der Waals surface area contributed by atoms with Crippen LogP contribution in [-0.2, 0) is 23.5 Å². The molecule has 0 spiro atoms. The molecule has 0 heterocycles. The quantitative estimate of drug-likeness (QED) is 0.753. The molecule has 0 fully saturated rings. The van der Waals surface area contributed by atoms with Crippen molar-refractivity contribution in [2.75, 3.05) is 7.11 Å². The fraction of sp³-hybridized carbons (Fsp3) is 0.500. The number of halogens is 6. The van der Waals surface area contributed by atoms with Crippen molar-refractivity contribution in [2.24, 2.45) is 0 Å². The lowest BCUT2D eigenvalue weighted by Crippen LogP contribution is -2.14. The van der Waals surface area contributed by atoms with Crippen LogP contribution in [0.4, 0.5) is 26.3 Å². The first-order valence-electron chi connectivity index (χ1n) is 5.35. The van der Waals surface area contributed by atoms with Crippen molar-refractivity contribution in [3.8, 4) is 0 Å². The summed E-state index contributed by atoms with van der Waals surface area (Å²) in [6, 6.07) is 1.54. The van der Waals surface area contributed by atoms with E-state index in [1.54, 1.807) is 6.92 Å². The summed E-state index contributed by atoms with van der Waals surface area (Å²) >= 11 is 0. The van der Waals surface area contributed by atoms with Gasteiger partial charge in [0.1, 0.15) is 0 Å². The molecule has 0 unspecified atom stereocenters. The highest BCUT2D eigenvalue weighted by atomic mass is 19.4. The topological polar surface area (TPSA) is 9.23 Å². The number of rotatable bonds is 3. The van der Waals surface area contributed by atoms with Gasteiger partial charge in [-0.2, -0.15) is 26.3 Å². The van der Waals surface area contributed by atoms with Gasteiger partial charge in [0.2, 0.25) is 0 Å². The lowest BCUT2D eigenvalue weighted by molar-refractivity contribution is -0.143.